The van der Waals surface area contributed by atoms with Gasteiger partial charge in [0.1, 0.15) is 0 Å². The summed E-state index contributed by atoms with van der Waals surface area (Å²) in [7, 11) is 0. The summed E-state index contributed by atoms with van der Waals surface area (Å²) in [5.41, 5.74) is 0. The summed E-state index contributed by atoms with van der Waals surface area (Å²) in [5, 5.41) is 9.16. The molecule has 0 saturated heterocycles. The van der Waals surface area contributed by atoms with E-state index in [1.807, 2.05) is 0 Å². The lowest BCUT2D eigenvalue weighted by atomic mass is 10.5. The number of imide groups is 2. The van der Waals surface area contributed by atoms with Crippen LogP contribution in [0.25, 0.3) is 0 Å². The molecule has 0 spiro atoms. The van der Waals surface area contributed by atoms with E-state index in [4.69, 9.17) is 0 Å². The molecule has 0 aromatic carbocycles. The van der Waals surface area contributed by atoms with Crippen molar-refractivity contribution in [2.24, 2.45) is 0 Å². The third-order valence-corrected chi connectivity index (χ3v) is 1.82. The van der Waals surface area contributed by atoms with Gasteiger partial charge in [0.15, 0.2) is 0 Å². The third kappa shape index (κ3) is 13.9. The zero-order valence-electron chi connectivity index (χ0n) is 12.5. The molecule has 0 aliphatic heterocycles. The molecule has 0 bridgehead atoms. The van der Waals surface area contributed by atoms with E-state index in [0.717, 1.165) is 0 Å². The Morgan fingerprint density at radius 1 is 0.650 bits per heavy atom. The van der Waals surface area contributed by atoms with Crippen LogP contribution in [0.1, 0.15) is 40.5 Å². The van der Waals surface area contributed by atoms with Crippen molar-refractivity contribution < 1.29 is 19.2 Å². The average molecular weight is 288 g/mol. The van der Waals surface area contributed by atoms with Gasteiger partial charge < -0.3 is 10.6 Å². The van der Waals surface area contributed by atoms with Crippen LogP contribution in [0.4, 0.5) is 9.59 Å². The van der Waals surface area contributed by atoms with E-state index in [9.17, 15) is 19.2 Å². The summed E-state index contributed by atoms with van der Waals surface area (Å²) < 4.78 is 0. The van der Waals surface area contributed by atoms with Crippen LogP contribution >= 0.6 is 0 Å². The molecule has 0 atom stereocenters. The van der Waals surface area contributed by atoms with E-state index < -0.39 is 12.1 Å². The second-order valence-electron chi connectivity index (χ2n) is 3.52. The maximum atomic E-state index is 10.6. The number of rotatable bonds is 4. The van der Waals surface area contributed by atoms with Gasteiger partial charge in [-0.2, -0.15) is 0 Å². The Morgan fingerprint density at radius 2 is 0.950 bits per heavy atom. The SMILES string of the molecule is CCNC(=O)NC(=O)CC.CCNC(=O)NC(=O)CC. The van der Waals surface area contributed by atoms with Crippen molar-refractivity contribution in [2.75, 3.05) is 13.1 Å². The second kappa shape index (κ2) is 13.3. The minimum absolute atomic E-state index is 0.258. The Labute approximate surface area is 119 Å². The van der Waals surface area contributed by atoms with E-state index in [1.165, 1.54) is 0 Å². The highest BCUT2D eigenvalue weighted by Crippen LogP contribution is 1.74. The molecule has 0 radical (unpaired) electrons. The molecule has 8 heteroatoms. The first-order valence-electron chi connectivity index (χ1n) is 6.56. The van der Waals surface area contributed by atoms with Gasteiger partial charge in [0.05, 0.1) is 0 Å². The summed E-state index contributed by atoms with van der Waals surface area (Å²) >= 11 is 0. The molecule has 0 saturated carbocycles. The number of carbonyl (C=O) groups excluding carboxylic acids is 4. The fourth-order valence-electron chi connectivity index (χ4n) is 0.840. The maximum absolute atomic E-state index is 10.6. The predicted molar refractivity (Wildman–Crippen MR) is 75.0 cm³/mol. The molecule has 4 N–H and O–H groups in total. The monoisotopic (exact) mass is 288 g/mol. The molecule has 0 aromatic heterocycles. The second-order valence-corrected chi connectivity index (χ2v) is 3.52. The Morgan fingerprint density at radius 3 is 1.15 bits per heavy atom. The maximum Gasteiger partial charge on any atom is 0.321 e. The molecule has 6 amide bonds. The number of nitrogens with one attached hydrogen (secondary N) is 4. The molecule has 0 unspecified atom stereocenters. The van der Waals surface area contributed by atoms with Crippen LogP contribution in [0.5, 0.6) is 0 Å². The van der Waals surface area contributed by atoms with Crippen LogP contribution < -0.4 is 21.3 Å². The fraction of sp³-hybridized carbons (Fsp3) is 0.667. The van der Waals surface area contributed by atoms with E-state index in [2.05, 4.69) is 21.3 Å². The number of hydrogen-bond acceptors (Lipinski definition) is 4. The van der Waals surface area contributed by atoms with Gasteiger partial charge >= 0.3 is 12.1 Å². The summed E-state index contributed by atoms with van der Waals surface area (Å²) in [6, 6.07) is -0.844. The molecular formula is C12H24N4O4. The molecule has 8 nitrogen and oxygen atoms in total. The Bertz CT molecular complexity index is 299. The predicted octanol–water partition coefficient (Wildman–Crippen LogP) is 0.484. The fourth-order valence-corrected chi connectivity index (χ4v) is 0.840. The minimum Gasteiger partial charge on any atom is -0.338 e. The quantitative estimate of drug-likeness (QED) is 0.602. The first kappa shape index (κ1) is 20.2. The number of hydrogen-bond donors (Lipinski definition) is 4. The highest BCUT2D eigenvalue weighted by molar-refractivity contribution is 5.94. The van der Waals surface area contributed by atoms with Gasteiger partial charge in [0.25, 0.3) is 0 Å². The van der Waals surface area contributed by atoms with Crippen molar-refractivity contribution in [1.82, 2.24) is 21.3 Å². The molecule has 0 aliphatic carbocycles. The molecule has 20 heavy (non-hydrogen) atoms. The lowest BCUT2D eigenvalue weighted by Crippen LogP contribution is -2.38. The lowest BCUT2D eigenvalue weighted by Gasteiger charge is -2.01. The highest BCUT2D eigenvalue weighted by Gasteiger charge is 2.02. The van der Waals surface area contributed by atoms with E-state index in [0.29, 0.717) is 25.9 Å². The van der Waals surface area contributed by atoms with Crippen LogP contribution in [0.2, 0.25) is 0 Å². The van der Waals surface area contributed by atoms with Gasteiger partial charge in [0.2, 0.25) is 11.8 Å². The summed E-state index contributed by atoms with van der Waals surface area (Å²) in [5.74, 6) is -0.517. The minimum atomic E-state index is -0.422. The molecule has 0 heterocycles. The van der Waals surface area contributed by atoms with Gasteiger partial charge in [-0.05, 0) is 13.8 Å². The smallest absolute Gasteiger partial charge is 0.321 e. The highest BCUT2D eigenvalue weighted by atomic mass is 16.2. The van der Waals surface area contributed by atoms with Crippen LogP contribution in [-0.4, -0.2) is 37.0 Å². The number of carbonyl (C=O) groups is 4. The molecule has 0 fully saturated rings. The van der Waals surface area contributed by atoms with Crippen molar-refractivity contribution in [3.8, 4) is 0 Å². The van der Waals surface area contributed by atoms with Crippen LogP contribution in [0, 0.1) is 0 Å². The Balaban J connectivity index is 0. The van der Waals surface area contributed by atoms with E-state index in [-0.39, 0.29) is 11.8 Å². The van der Waals surface area contributed by atoms with Crippen molar-refractivity contribution >= 4 is 23.9 Å². The van der Waals surface area contributed by atoms with E-state index in [1.54, 1.807) is 27.7 Å². The van der Waals surface area contributed by atoms with Crippen molar-refractivity contribution in [2.45, 2.75) is 40.5 Å². The molecule has 116 valence electrons. The third-order valence-electron chi connectivity index (χ3n) is 1.82. The van der Waals surface area contributed by atoms with E-state index >= 15 is 0 Å². The molecule has 0 aromatic rings. The Hall–Kier alpha value is -2.12. The van der Waals surface area contributed by atoms with Gasteiger partial charge in [-0.1, -0.05) is 13.8 Å². The van der Waals surface area contributed by atoms with Crippen molar-refractivity contribution in [3.63, 3.8) is 0 Å². The first-order valence-corrected chi connectivity index (χ1v) is 6.56. The largest absolute Gasteiger partial charge is 0.338 e. The standard InChI is InChI=1S/2C6H12N2O2/c2*1-3-5(9)8-6(10)7-4-2/h2*3-4H2,1-2H3,(H2,7,8,9,10). The topological polar surface area (TPSA) is 116 Å². The van der Waals surface area contributed by atoms with Gasteiger partial charge in [-0.15, -0.1) is 0 Å². The molecular weight excluding hydrogens is 264 g/mol. The zero-order chi connectivity index (χ0) is 16.0. The van der Waals surface area contributed by atoms with Crippen molar-refractivity contribution in [3.05, 3.63) is 0 Å². The number of urea groups is 2. The summed E-state index contributed by atoms with van der Waals surface area (Å²) in [6.45, 7) is 8.01. The van der Waals surface area contributed by atoms with Crippen LogP contribution in [0.3, 0.4) is 0 Å². The van der Waals surface area contributed by atoms with Gasteiger partial charge in [-0.25, -0.2) is 9.59 Å². The first-order chi connectivity index (χ1) is 9.40. The normalized spacial score (nSPS) is 8.60. The van der Waals surface area contributed by atoms with Crippen LogP contribution in [-0.2, 0) is 9.59 Å². The molecule has 0 aliphatic rings. The van der Waals surface area contributed by atoms with Crippen LogP contribution in [0.15, 0.2) is 0 Å². The zero-order valence-corrected chi connectivity index (χ0v) is 12.5. The Kier molecular flexibility index (Phi) is 13.4. The summed E-state index contributed by atoms with van der Waals surface area (Å²) in [6.07, 6.45) is 0.661. The molecule has 0 rings (SSSR count). The van der Waals surface area contributed by atoms with Crippen molar-refractivity contribution in [1.29, 1.82) is 0 Å². The lowest BCUT2D eigenvalue weighted by molar-refractivity contribution is -0.120. The summed E-state index contributed by atoms with van der Waals surface area (Å²) in [4.78, 5) is 42.2. The number of amides is 6. The van der Waals surface area contributed by atoms with Gasteiger partial charge in [0, 0.05) is 25.9 Å². The van der Waals surface area contributed by atoms with Gasteiger partial charge in [-0.3, -0.25) is 20.2 Å². The average Bonchev–Trinajstić information content (AvgIpc) is 2.39.